The van der Waals surface area contributed by atoms with Crippen LogP contribution in [0.15, 0.2) is 0 Å². The third-order valence-electron chi connectivity index (χ3n) is 1.94. The van der Waals surface area contributed by atoms with E-state index in [1.165, 1.54) is 0 Å². The maximum Gasteiger partial charge on any atom is 0.226 e. The van der Waals surface area contributed by atoms with E-state index in [0.29, 0.717) is 6.54 Å². The monoisotopic (exact) mass is 142 g/mol. The minimum absolute atomic E-state index is 0.0142. The lowest BCUT2D eigenvalue weighted by Crippen LogP contribution is -2.46. The van der Waals surface area contributed by atoms with Gasteiger partial charge < -0.3 is 10.6 Å². The number of nitrogens with zero attached hydrogens (tertiary/aromatic N) is 1. The summed E-state index contributed by atoms with van der Waals surface area (Å²) in [4.78, 5) is 13.1. The van der Waals surface area contributed by atoms with Crippen molar-refractivity contribution >= 4 is 5.91 Å². The van der Waals surface area contributed by atoms with E-state index in [1.807, 2.05) is 11.8 Å². The highest BCUT2D eigenvalue weighted by atomic mass is 16.2. The molecule has 1 saturated heterocycles. The molecular weight excluding hydrogens is 128 g/mol. The van der Waals surface area contributed by atoms with Crippen LogP contribution < -0.4 is 5.73 Å². The lowest BCUT2D eigenvalue weighted by Gasteiger charge is -2.32. The Morgan fingerprint density at radius 1 is 1.70 bits per heavy atom. The topological polar surface area (TPSA) is 46.3 Å². The highest BCUT2D eigenvalue weighted by molar-refractivity contribution is 5.79. The molecule has 1 rings (SSSR count). The SMILES string of the molecule is CC(CN)C(=O)N1CCC1. The van der Waals surface area contributed by atoms with Gasteiger partial charge in [-0.3, -0.25) is 4.79 Å². The molecule has 2 N–H and O–H groups in total. The summed E-state index contributed by atoms with van der Waals surface area (Å²) in [5.41, 5.74) is 5.34. The van der Waals surface area contributed by atoms with Gasteiger partial charge in [0.15, 0.2) is 0 Å². The molecule has 0 aliphatic carbocycles. The average Bonchev–Trinajstić information content (AvgIpc) is 1.82. The van der Waals surface area contributed by atoms with Crippen LogP contribution in [0.3, 0.4) is 0 Å². The van der Waals surface area contributed by atoms with Crippen LogP contribution in [0.1, 0.15) is 13.3 Å². The highest BCUT2D eigenvalue weighted by Crippen LogP contribution is 2.09. The highest BCUT2D eigenvalue weighted by Gasteiger charge is 2.23. The molecule has 3 heteroatoms. The number of hydrogen-bond acceptors (Lipinski definition) is 2. The second kappa shape index (κ2) is 3.01. The maximum absolute atomic E-state index is 11.2. The number of carbonyl (C=O) groups is 1. The molecule has 58 valence electrons. The molecule has 0 saturated carbocycles. The van der Waals surface area contributed by atoms with Crippen LogP contribution in [-0.2, 0) is 4.79 Å². The summed E-state index contributed by atoms with van der Waals surface area (Å²) in [6.45, 7) is 4.21. The Bertz CT molecular complexity index is 125. The zero-order chi connectivity index (χ0) is 7.56. The number of hydrogen-bond donors (Lipinski definition) is 1. The molecule has 10 heavy (non-hydrogen) atoms. The van der Waals surface area contributed by atoms with Crippen molar-refractivity contribution in [2.75, 3.05) is 19.6 Å². The largest absolute Gasteiger partial charge is 0.342 e. The van der Waals surface area contributed by atoms with Crippen LogP contribution in [0.25, 0.3) is 0 Å². The van der Waals surface area contributed by atoms with Gasteiger partial charge in [0.25, 0.3) is 0 Å². The van der Waals surface area contributed by atoms with E-state index in [-0.39, 0.29) is 11.8 Å². The van der Waals surface area contributed by atoms with Gasteiger partial charge in [-0.25, -0.2) is 0 Å². The average molecular weight is 142 g/mol. The summed E-state index contributed by atoms with van der Waals surface area (Å²) in [6, 6.07) is 0. The predicted molar refractivity (Wildman–Crippen MR) is 39.4 cm³/mol. The molecule has 1 atom stereocenters. The van der Waals surface area contributed by atoms with Crippen molar-refractivity contribution in [1.29, 1.82) is 0 Å². The van der Waals surface area contributed by atoms with E-state index in [9.17, 15) is 4.79 Å². The molecule has 3 nitrogen and oxygen atoms in total. The molecule has 0 aromatic carbocycles. The fourth-order valence-electron chi connectivity index (χ4n) is 0.949. The van der Waals surface area contributed by atoms with Crippen molar-refractivity contribution in [2.45, 2.75) is 13.3 Å². The smallest absolute Gasteiger partial charge is 0.226 e. The van der Waals surface area contributed by atoms with Crippen molar-refractivity contribution in [3.63, 3.8) is 0 Å². The molecule has 0 aromatic heterocycles. The Hall–Kier alpha value is -0.570. The Balaban J connectivity index is 2.32. The van der Waals surface area contributed by atoms with E-state index in [0.717, 1.165) is 19.5 Å². The van der Waals surface area contributed by atoms with Crippen LogP contribution in [0.4, 0.5) is 0 Å². The Labute approximate surface area is 61.2 Å². The van der Waals surface area contributed by atoms with Gasteiger partial charge in [-0.05, 0) is 6.42 Å². The van der Waals surface area contributed by atoms with Gasteiger partial charge in [0.1, 0.15) is 0 Å². The van der Waals surface area contributed by atoms with Crippen LogP contribution in [0.2, 0.25) is 0 Å². The summed E-state index contributed by atoms with van der Waals surface area (Å²) in [7, 11) is 0. The molecule has 0 spiro atoms. The van der Waals surface area contributed by atoms with Gasteiger partial charge in [-0.2, -0.15) is 0 Å². The van der Waals surface area contributed by atoms with Crippen LogP contribution in [0.5, 0.6) is 0 Å². The molecule has 0 aromatic rings. The van der Waals surface area contributed by atoms with E-state index >= 15 is 0 Å². The van der Waals surface area contributed by atoms with E-state index in [1.54, 1.807) is 0 Å². The quantitative estimate of drug-likeness (QED) is 0.581. The number of likely N-dealkylation sites (tertiary alicyclic amines) is 1. The van der Waals surface area contributed by atoms with Gasteiger partial charge in [-0.1, -0.05) is 6.92 Å². The van der Waals surface area contributed by atoms with Crippen LogP contribution in [0, 0.1) is 5.92 Å². The molecule has 0 bridgehead atoms. The minimum Gasteiger partial charge on any atom is -0.342 e. The lowest BCUT2D eigenvalue weighted by molar-refractivity contribution is -0.138. The van der Waals surface area contributed by atoms with E-state index < -0.39 is 0 Å². The molecule has 1 fully saturated rings. The third-order valence-corrected chi connectivity index (χ3v) is 1.94. The van der Waals surface area contributed by atoms with Crippen molar-refractivity contribution in [1.82, 2.24) is 4.90 Å². The minimum atomic E-state index is 0.0142. The Morgan fingerprint density at radius 3 is 2.60 bits per heavy atom. The number of nitrogens with two attached hydrogens (primary N) is 1. The van der Waals surface area contributed by atoms with E-state index in [2.05, 4.69) is 0 Å². The first kappa shape index (κ1) is 7.54. The number of carbonyl (C=O) groups excluding carboxylic acids is 1. The predicted octanol–water partition coefficient (Wildman–Crippen LogP) is -0.187. The lowest BCUT2D eigenvalue weighted by atomic mass is 10.1. The Kier molecular flexibility index (Phi) is 2.27. The third kappa shape index (κ3) is 1.29. The second-order valence-electron chi connectivity index (χ2n) is 2.82. The summed E-state index contributed by atoms with van der Waals surface area (Å²) >= 11 is 0. The number of amides is 1. The normalized spacial score (nSPS) is 20.0. The standard InChI is InChI=1S/C7H14N2O/c1-6(5-8)7(10)9-3-2-4-9/h6H,2-5,8H2,1H3. The molecular formula is C7H14N2O. The maximum atomic E-state index is 11.2. The molecule has 1 aliphatic rings. The van der Waals surface area contributed by atoms with Crippen molar-refractivity contribution in [3.8, 4) is 0 Å². The summed E-state index contributed by atoms with van der Waals surface area (Å²) in [6.07, 6.45) is 1.16. The molecule has 0 radical (unpaired) electrons. The summed E-state index contributed by atoms with van der Waals surface area (Å²) < 4.78 is 0. The zero-order valence-corrected chi connectivity index (χ0v) is 6.34. The molecule has 1 aliphatic heterocycles. The zero-order valence-electron chi connectivity index (χ0n) is 6.34. The number of rotatable bonds is 2. The molecule has 1 heterocycles. The Morgan fingerprint density at radius 2 is 2.30 bits per heavy atom. The van der Waals surface area contributed by atoms with Gasteiger partial charge in [0.05, 0.1) is 0 Å². The summed E-state index contributed by atoms with van der Waals surface area (Å²) in [5.74, 6) is 0.231. The fraction of sp³-hybridized carbons (Fsp3) is 0.857. The second-order valence-corrected chi connectivity index (χ2v) is 2.82. The van der Waals surface area contributed by atoms with Crippen molar-refractivity contribution in [3.05, 3.63) is 0 Å². The molecule has 1 unspecified atom stereocenters. The first-order valence-corrected chi connectivity index (χ1v) is 3.74. The fourth-order valence-corrected chi connectivity index (χ4v) is 0.949. The van der Waals surface area contributed by atoms with Crippen molar-refractivity contribution < 1.29 is 4.79 Å². The molecule has 1 amide bonds. The van der Waals surface area contributed by atoms with Gasteiger partial charge in [0, 0.05) is 25.6 Å². The van der Waals surface area contributed by atoms with Crippen LogP contribution in [-0.4, -0.2) is 30.4 Å². The first-order chi connectivity index (χ1) is 4.75. The summed E-state index contributed by atoms with van der Waals surface area (Å²) in [5, 5.41) is 0. The van der Waals surface area contributed by atoms with Gasteiger partial charge in [-0.15, -0.1) is 0 Å². The van der Waals surface area contributed by atoms with E-state index in [4.69, 9.17) is 5.73 Å². The van der Waals surface area contributed by atoms with Crippen molar-refractivity contribution in [2.24, 2.45) is 11.7 Å². The van der Waals surface area contributed by atoms with Gasteiger partial charge >= 0.3 is 0 Å². The van der Waals surface area contributed by atoms with Gasteiger partial charge in [0.2, 0.25) is 5.91 Å². The first-order valence-electron chi connectivity index (χ1n) is 3.74. The van der Waals surface area contributed by atoms with Crippen LogP contribution >= 0.6 is 0 Å².